The molecule has 1 aromatic heterocycles. The Kier molecular flexibility index (Phi) is 4.49. The number of nitrogens with one attached hydrogen (secondary N) is 1. The number of amides is 1. The standard InChI is InChI=1S/C15H20N2O3/c1-9(2)13(18)11-8-16-6-4-12(11)17-15(19)14-10(3)5-7-20-14/h4,6,8-10,14H,5,7H2,1-3H3,(H,16,17,19). The summed E-state index contributed by atoms with van der Waals surface area (Å²) >= 11 is 0. The van der Waals surface area contributed by atoms with Gasteiger partial charge in [-0.2, -0.15) is 0 Å². The first-order valence-corrected chi connectivity index (χ1v) is 6.91. The fourth-order valence-corrected chi connectivity index (χ4v) is 2.25. The number of nitrogens with zero attached hydrogens (tertiary/aromatic N) is 1. The number of carbonyl (C=O) groups excluding carboxylic acids is 2. The third-order valence-electron chi connectivity index (χ3n) is 3.51. The van der Waals surface area contributed by atoms with Crippen molar-refractivity contribution >= 4 is 17.4 Å². The van der Waals surface area contributed by atoms with Crippen molar-refractivity contribution < 1.29 is 14.3 Å². The maximum atomic E-state index is 12.2. The van der Waals surface area contributed by atoms with E-state index in [0.717, 1.165) is 6.42 Å². The molecule has 1 aromatic rings. The normalized spacial score (nSPS) is 22.0. The smallest absolute Gasteiger partial charge is 0.253 e. The molecular weight excluding hydrogens is 256 g/mol. The quantitative estimate of drug-likeness (QED) is 0.857. The molecule has 1 fully saturated rings. The maximum Gasteiger partial charge on any atom is 0.253 e. The molecule has 1 aliphatic heterocycles. The molecule has 1 saturated heterocycles. The largest absolute Gasteiger partial charge is 0.368 e. The number of rotatable bonds is 4. The third-order valence-corrected chi connectivity index (χ3v) is 3.51. The van der Waals surface area contributed by atoms with Crippen molar-refractivity contribution in [2.45, 2.75) is 33.3 Å². The van der Waals surface area contributed by atoms with E-state index in [1.807, 2.05) is 20.8 Å². The number of aromatic nitrogens is 1. The lowest BCUT2D eigenvalue weighted by atomic mass is 10.0. The maximum absolute atomic E-state index is 12.2. The van der Waals surface area contributed by atoms with Gasteiger partial charge in [-0.1, -0.05) is 20.8 Å². The van der Waals surface area contributed by atoms with Gasteiger partial charge in [-0.3, -0.25) is 14.6 Å². The topological polar surface area (TPSA) is 68.3 Å². The zero-order chi connectivity index (χ0) is 14.7. The Balaban J connectivity index is 2.17. The average molecular weight is 276 g/mol. The van der Waals surface area contributed by atoms with Gasteiger partial charge in [-0.15, -0.1) is 0 Å². The molecule has 0 spiro atoms. The first-order valence-electron chi connectivity index (χ1n) is 6.91. The molecule has 20 heavy (non-hydrogen) atoms. The summed E-state index contributed by atoms with van der Waals surface area (Å²) in [6.45, 7) is 6.24. The van der Waals surface area contributed by atoms with E-state index in [0.29, 0.717) is 17.9 Å². The monoisotopic (exact) mass is 276 g/mol. The molecular formula is C15H20N2O3. The number of hydrogen-bond donors (Lipinski definition) is 1. The lowest BCUT2D eigenvalue weighted by Gasteiger charge is -2.16. The van der Waals surface area contributed by atoms with Crippen molar-refractivity contribution in [1.29, 1.82) is 0 Å². The van der Waals surface area contributed by atoms with Crippen LogP contribution in [0.3, 0.4) is 0 Å². The molecule has 0 aliphatic carbocycles. The molecule has 2 heterocycles. The van der Waals surface area contributed by atoms with E-state index < -0.39 is 6.10 Å². The predicted molar refractivity (Wildman–Crippen MR) is 75.6 cm³/mol. The molecule has 0 saturated carbocycles. The summed E-state index contributed by atoms with van der Waals surface area (Å²) in [5.41, 5.74) is 0.952. The zero-order valence-corrected chi connectivity index (χ0v) is 12.1. The van der Waals surface area contributed by atoms with Crippen LogP contribution in [0.1, 0.15) is 37.6 Å². The van der Waals surface area contributed by atoms with Gasteiger partial charge in [-0.25, -0.2) is 0 Å². The van der Waals surface area contributed by atoms with E-state index in [4.69, 9.17) is 4.74 Å². The molecule has 2 unspecified atom stereocenters. The minimum atomic E-state index is -0.440. The third kappa shape index (κ3) is 3.04. The van der Waals surface area contributed by atoms with Gasteiger partial charge >= 0.3 is 0 Å². The van der Waals surface area contributed by atoms with Crippen LogP contribution in [0.5, 0.6) is 0 Å². The zero-order valence-electron chi connectivity index (χ0n) is 12.1. The van der Waals surface area contributed by atoms with Crippen molar-refractivity contribution in [3.8, 4) is 0 Å². The fourth-order valence-electron chi connectivity index (χ4n) is 2.25. The Morgan fingerprint density at radius 3 is 2.80 bits per heavy atom. The summed E-state index contributed by atoms with van der Waals surface area (Å²) in [5.74, 6) is -0.176. The van der Waals surface area contributed by atoms with Gasteiger partial charge in [0, 0.05) is 24.9 Å². The van der Waals surface area contributed by atoms with Crippen molar-refractivity contribution in [2.24, 2.45) is 11.8 Å². The van der Waals surface area contributed by atoms with Crippen molar-refractivity contribution in [3.05, 3.63) is 24.0 Å². The van der Waals surface area contributed by atoms with Crippen LogP contribution in [0.25, 0.3) is 0 Å². The lowest BCUT2D eigenvalue weighted by Crippen LogP contribution is -2.32. The number of ether oxygens (including phenoxy) is 1. The van der Waals surface area contributed by atoms with Crippen LogP contribution >= 0.6 is 0 Å². The van der Waals surface area contributed by atoms with Crippen LogP contribution in [0.15, 0.2) is 18.5 Å². The van der Waals surface area contributed by atoms with E-state index in [2.05, 4.69) is 10.3 Å². The summed E-state index contributed by atoms with van der Waals surface area (Å²) in [6, 6.07) is 1.65. The first kappa shape index (κ1) is 14.7. The molecule has 108 valence electrons. The van der Waals surface area contributed by atoms with Gasteiger partial charge in [0.2, 0.25) is 0 Å². The number of ketones is 1. The fraction of sp³-hybridized carbons (Fsp3) is 0.533. The lowest BCUT2D eigenvalue weighted by molar-refractivity contribution is -0.126. The van der Waals surface area contributed by atoms with Crippen LogP contribution in [0.4, 0.5) is 5.69 Å². The van der Waals surface area contributed by atoms with Crippen molar-refractivity contribution in [3.63, 3.8) is 0 Å². The second-order valence-electron chi connectivity index (χ2n) is 5.49. The van der Waals surface area contributed by atoms with E-state index >= 15 is 0 Å². The highest BCUT2D eigenvalue weighted by Gasteiger charge is 2.31. The predicted octanol–water partition coefficient (Wildman–Crippen LogP) is 2.28. The van der Waals surface area contributed by atoms with Gasteiger partial charge in [0.05, 0.1) is 11.3 Å². The van der Waals surface area contributed by atoms with Gasteiger partial charge in [-0.05, 0) is 18.4 Å². The number of pyridine rings is 1. The van der Waals surface area contributed by atoms with E-state index in [-0.39, 0.29) is 23.5 Å². The van der Waals surface area contributed by atoms with Gasteiger partial charge in [0.1, 0.15) is 6.10 Å². The van der Waals surface area contributed by atoms with Crippen molar-refractivity contribution in [2.75, 3.05) is 11.9 Å². The highest BCUT2D eigenvalue weighted by atomic mass is 16.5. The Morgan fingerprint density at radius 2 is 2.20 bits per heavy atom. The molecule has 0 radical (unpaired) electrons. The molecule has 0 bridgehead atoms. The summed E-state index contributed by atoms with van der Waals surface area (Å²) in [4.78, 5) is 28.3. The average Bonchev–Trinajstić information content (AvgIpc) is 2.84. The van der Waals surface area contributed by atoms with Crippen LogP contribution in [-0.4, -0.2) is 29.4 Å². The van der Waals surface area contributed by atoms with E-state index in [1.54, 1.807) is 12.3 Å². The van der Waals surface area contributed by atoms with E-state index in [1.165, 1.54) is 6.20 Å². The van der Waals surface area contributed by atoms with Crippen LogP contribution in [0.2, 0.25) is 0 Å². The molecule has 5 heteroatoms. The molecule has 2 atom stereocenters. The summed E-state index contributed by atoms with van der Waals surface area (Å²) in [5, 5.41) is 2.79. The number of Topliss-reactive ketones (excluding diaryl/α,β-unsaturated/α-hetero) is 1. The van der Waals surface area contributed by atoms with Gasteiger partial charge < -0.3 is 10.1 Å². The second kappa shape index (κ2) is 6.13. The van der Waals surface area contributed by atoms with Crippen LogP contribution < -0.4 is 5.32 Å². The van der Waals surface area contributed by atoms with Crippen LogP contribution in [0, 0.1) is 11.8 Å². The number of hydrogen-bond acceptors (Lipinski definition) is 4. The summed E-state index contributed by atoms with van der Waals surface area (Å²) in [7, 11) is 0. The summed E-state index contributed by atoms with van der Waals surface area (Å²) < 4.78 is 5.43. The van der Waals surface area contributed by atoms with Crippen molar-refractivity contribution in [1.82, 2.24) is 4.98 Å². The minimum Gasteiger partial charge on any atom is -0.368 e. The van der Waals surface area contributed by atoms with Gasteiger partial charge in [0.15, 0.2) is 5.78 Å². The molecule has 1 N–H and O–H groups in total. The number of carbonyl (C=O) groups is 2. The molecule has 0 aromatic carbocycles. The highest BCUT2D eigenvalue weighted by Crippen LogP contribution is 2.23. The van der Waals surface area contributed by atoms with E-state index in [9.17, 15) is 9.59 Å². The Hall–Kier alpha value is -1.75. The highest BCUT2D eigenvalue weighted by molar-refractivity contribution is 6.06. The first-order chi connectivity index (χ1) is 9.50. The Labute approximate surface area is 118 Å². The Bertz CT molecular complexity index is 514. The van der Waals surface area contributed by atoms with Crippen LogP contribution in [-0.2, 0) is 9.53 Å². The SMILES string of the molecule is CC(C)C(=O)c1cnccc1NC(=O)C1OCCC1C. The van der Waals surface area contributed by atoms with Gasteiger partial charge in [0.25, 0.3) is 5.91 Å². The minimum absolute atomic E-state index is 0.0335. The molecule has 1 amide bonds. The Morgan fingerprint density at radius 1 is 1.45 bits per heavy atom. The molecule has 5 nitrogen and oxygen atoms in total. The number of anilines is 1. The second-order valence-corrected chi connectivity index (χ2v) is 5.49. The summed E-state index contributed by atoms with van der Waals surface area (Å²) in [6.07, 6.45) is 3.50. The molecule has 2 rings (SSSR count). The molecule has 1 aliphatic rings.